The summed E-state index contributed by atoms with van der Waals surface area (Å²) < 4.78 is 5.86. The first kappa shape index (κ1) is 18.5. The van der Waals surface area contributed by atoms with Crippen LogP contribution in [0.15, 0.2) is 49.4 Å². The van der Waals surface area contributed by atoms with E-state index in [0.29, 0.717) is 46.0 Å². The molecule has 1 amide bonds. The molecule has 0 saturated carbocycles. The summed E-state index contributed by atoms with van der Waals surface area (Å²) in [7, 11) is 0. The van der Waals surface area contributed by atoms with Crippen LogP contribution in [0.2, 0.25) is 10.0 Å². The highest BCUT2D eigenvalue weighted by molar-refractivity contribution is 6.36. The number of aromatic nitrogens is 3. The second-order valence-corrected chi connectivity index (χ2v) is 7.04. The number of amides is 1. The number of anilines is 2. The molecule has 9 heteroatoms. The quantitative estimate of drug-likeness (QED) is 0.637. The second kappa shape index (κ2) is 7.61. The van der Waals surface area contributed by atoms with Gasteiger partial charge in [-0.15, -0.1) is 0 Å². The Morgan fingerprint density at radius 3 is 2.82 bits per heavy atom. The average Bonchev–Trinajstić information content (AvgIpc) is 2.66. The van der Waals surface area contributed by atoms with Gasteiger partial charge >= 0.3 is 0 Å². The lowest BCUT2D eigenvalue weighted by atomic mass is 10.1. The van der Waals surface area contributed by atoms with Crippen molar-refractivity contribution >= 4 is 51.5 Å². The highest BCUT2D eigenvalue weighted by Crippen LogP contribution is 2.31. The fourth-order valence-electron chi connectivity index (χ4n) is 2.81. The maximum atomic E-state index is 11.5. The summed E-state index contributed by atoms with van der Waals surface area (Å²) in [5, 5.41) is 4.95. The molecule has 0 spiro atoms. The van der Waals surface area contributed by atoms with E-state index in [1.807, 2.05) is 0 Å². The summed E-state index contributed by atoms with van der Waals surface area (Å²) in [6.45, 7) is 4.48. The number of likely N-dealkylation sites (tertiary alicyclic amines) is 1. The van der Waals surface area contributed by atoms with Crippen LogP contribution in [0.1, 0.15) is 0 Å². The zero-order chi connectivity index (χ0) is 19.7. The number of carbonyl (C=O) groups excluding carboxylic acids is 1. The molecule has 1 aliphatic heterocycles. The Bertz CT molecular complexity index is 1070. The van der Waals surface area contributed by atoms with E-state index in [4.69, 9.17) is 27.9 Å². The van der Waals surface area contributed by atoms with Crippen molar-refractivity contribution in [2.45, 2.75) is 6.10 Å². The first-order valence-corrected chi connectivity index (χ1v) is 9.20. The number of nitrogens with one attached hydrogen (secondary N) is 1. The predicted octanol–water partition coefficient (Wildman–Crippen LogP) is 3.85. The van der Waals surface area contributed by atoms with Crippen molar-refractivity contribution in [1.29, 1.82) is 0 Å². The van der Waals surface area contributed by atoms with Crippen LogP contribution in [0, 0.1) is 0 Å². The van der Waals surface area contributed by atoms with Crippen LogP contribution >= 0.6 is 23.2 Å². The molecule has 3 aromatic rings. The molecule has 1 fully saturated rings. The van der Waals surface area contributed by atoms with Crippen LogP contribution in [-0.2, 0) is 4.79 Å². The minimum absolute atomic E-state index is 0.106. The predicted molar refractivity (Wildman–Crippen MR) is 108 cm³/mol. The second-order valence-electron chi connectivity index (χ2n) is 6.20. The number of pyridine rings is 1. The van der Waals surface area contributed by atoms with Gasteiger partial charge < -0.3 is 15.0 Å². The zero-order valence-electron chi connectivity index (χ0n) is 14.6. The molecule has 0 unspecified atom stereocenters. The maximum absolute atomic E-state index is 11.5. The fourth-order valence-corrected chi connectivity index (χ4v) is 3.27. The Labute approximate surface area is 171 Å². The number of ether oxygens (including phenoxy) is 1. The summed E-state index contributed by atoms with van der Waals surface area (Å²) in [4.78, 5) is 26.0. The Kier molecular flexibility index (Phi) is 5.02. The topological polar surface area (TPSA) is 80.2 Å². The number of halogens is 2. The lowest BCUT2D eigenvalue weighted by molar-refractivity contribution is -0.134. The molecule has 0 atom stereocenters. The number of rotatable bonds is 5. The van der Waals surface area contributed by atoms with Crippen molar-refractivity contribution in [3.05, 3.63) is 59.5 Å². The standard InChI is InChI=1S/C19H15Cl2N5O2/c1-2-18(27)26-8-12(9-26)28-17-6-13-16(7-22-17)23-10-24-19(13)25-15-4-3-11(20)5-14(15)21/h2-7,10,12H,1,8-9H2,(H,23,24,25). The van der Waals surface area contributed by atoms with Gasteiger partial charge in [-0.3, -0.25) is 4.79 Å². The van der Waals surface area contributed by atoms with Gasteiger partial charge in [-0.25, -0.2) is 15.0 Å². The molecular formula is C19H15Cl2N5O2. The van der Waals surface area contributed by atoms with Crippen molar-refractivity contribution in [1.82, 2.24) is 19.9 Å². The average molecular weight is 416 g/mol. The number of hydrogen-bond acceptors (Lipinski definition) is 6. The van der Waals surface area contributed by atoms with Gasteiger partial charge in [-0.05, 0) is 24.3 Å². The van der Waals surface area contributed by atoms with Crippen molar-refractivity contribution in [2.75, 3.05) is 18.4 Å². The van der Waals surface area contributed by atoms with Crippen LogP contribution < -0.4 is 10.1 Å². The lowest BCUT2D eigenvalue weighted by Gasteiger charge is -2.37. The zero-order valence-corrected chi connectivity index (χ0v) is 16.1. The minimum atomic E-state index is -0.111. The molecule has 1 saturated heterocycles. The first-order valence-electron chi connectivity index (χ1n) is 8.44. The van der Waals surface area contributed by atoms with E-state index >= 15 is 0 Å². The first-order chi connectivity index (χ1) is 13.5. The molecular weight excluding hydrogens is 401 g/mol. The molecule has 2 aromatic heterocycles. The molecule has 3 heterocycles. The van der Waals surface area contributed by atoms with Crippen LogP contribution in [-0.4, -0.2) is 45.0 Å². The monoisotopic (exact) mass is 415 g/mol. The summed E-state index contributed by atoms with van der Waals surface area (Å²) in [5.41, 5.74) is 1.33. The number of hydrogen-bond donors (Lipinski definition) is 1. The third kappa shape index (κ3) is 3.72. The van der Waals surface area contributed by atoms with Gasteiger partial charge in [0, 0.05) is 16.5 Å². The number of carbonyl (C=O) groups is 1. The van der Waals surface area contributed by atoms with Gasteiger partial charge in [0.2, 0.25) is 11.8 Å². The van der Waals surface area contributed by atoms with Crippen molar-refractivity contribution in [3.8, 4) is 5.88 Å². The van der Waals surface area contributed by atoms with Crippen LogP contribution in [0.3, 0.4) is 0 Å². The van der Waals surface area contributed by atoms with E-state index < -0.39 is 0 Å². The molecule has 0 radical (unpaired) electrons. The summed E-state index contributed by atoms with van der Waals surface area (Å²) in [5.74, 6) is 0.896. The molecule has 0 bridgehead atoms. The molecule has 28 heavy (non-hydrogen) atoms. The van der Waals surface area contributed by atoms with E-state index in [9.17, 15) is 4.79 Å². The highest BCUT2D eigenvalue weighted by atomic mass is 35.5. The normalized spacial score (nSPS) is 13.9. The van der Waals surface area contributed by atoms with Crippen LogP contribution in [0.4, 0.5) is 11.5 Å². The van der Waals surface area contributed by atoms with E-state index in [0.717, 1.165) is 5.39 Å². The third-order valence-electron chi connectivity index (χ3n) is 4.30. The Hall–Kier alpha value is -2.90. The molecule has 7 nitrogen and oxygen atoms in total. The molecule has 4 rings (SSSR count). The van der Waals surface area contributed by atoms with Gasteiger partial charge in [0.15, 0.2) is 0 Å². The SMILES string of the molecule is C=CC(=O)N1CC(Oc2cc3c(Nc4ccc(Cl)cc4Cl)ncnc3cn2)C1. The Balaban J connectivity index is 1.56. The molecule has 1 aliphatic rings. The molecule has 142 valence electrons. The summed E-state index contributed by atoms with van der Waals surface area (Å²) >= 11 is 12.2. The van der Waals surface area contributed by atoms with E-state index in [2.05, 4.69) is 26.8 Å². The smallest absolute Gasteiger partial charge is 0.246 e. The van der Waals surface area contributed by atoms with Gasteiger partial charge in [0.1, 0.15) is 18.2 Å². The van der Waals surface area contributed by atoms with Gasteiger partial charge in [-0.2, -0.15) is 0 Å². The fraction of sp³-hybridized carbons (Fsp3) is 0.158. The molecule has 1 aromatic carbocycles. The van der Waals surface area contributed by atoms with Gasteiger partial charge in [0.25, 0.3) is 0 Å². The summed E-state index contributed by atoms with van der Waals surface area (Å²) in [6.07, 6.45) is 4.25. The summed E-state index contributed by atoms with van der Waals surface area (Å²) in [6, 6.07) is 6.93. The minimum Gasteiger partial charge on any atom is -0.471 e. The van der Waals surface area contributed by atoms with E-state index in [-0.39, 0.29) is 12.0 Å². The van der Waals surface area contributed by atoms with Gasteiger partial charge in [0.05, 0.1) is 35.5 Å². The largest absolute Gasteiger partial charge is 0.471 e. The lowest BCUT2D eigenvalue weighted by Crippen LogP contribution is -2.55. The number of fused-ring (bicyclic) bond motifs is 1. The van der Waals surface area contributed by atoms with Crippen molar-refractivity contribution in [2.24, 2.45) is 0 Å². The Morgan fingerprint density at radius 2 is 2.07 bits per heavy atom. The van der Waals surface area contributed by atoms with Crippen LogP contribution in [0.5, 0.6) is 5.88 Å². The highest BCUT2D eigenvalue weighted by Gasteiger charge is 2.31. The maximum Gasteiger partial charge on any atom is 0.246 e. The number of nitrogens with zero attached hydrogens (tertiary/aromatic N) is 4. The Morgan fingerprint density at radius 1 is 1.25 bits per heavy atom. The third-order valence-corrected chi connectivity index (χ3v) is 4.85. The molecule has 0 aliphatic carbocycles. The van der Waals surface area contributed by atoms with Gasteiger partial charge in [-0.1, -0.05) is 29.8 Å². The van der Waals surface area contributed by atoms with Crippen molar-refractivity contribution < 1.29 is 9.53 Å². The van der Waals surface area contributed by atoms with Crippen molar-refractivity contribution in [3.63, 3.8) is 0 Å². The van der Waals surface area contributed by atoms with Crippen LogP contribution in [0.25, 0.3) is 10.9 Å². The van der Waals surface area contributed by atoms with E-state index in [1.54, 1.807) is 35.4 Å². The molecule has 1 N–H and O–H groups in total. The number of benzene rings is 1. The van der Waals surface area contributed by atoms with E-state index in [1.165, 1.54) is 12.4 Å².